The molecule has 1 aromatic heterocycles. The Hall–Kier alpha value is -3.07. The van der Waals surface area contributed by atoms with Crippen LogP contribution in [0.2, 0.25) is 0 Å². The number of hydrogen-bond acceptors (Lipinski definition) is 4. The van der Waals surface area contributed by atoms with Crippen molar-refractivity contribution in [3.63, 3.8) is 0 Å². The number of nitrogens with one attached hydrogen (secondary N) is 1. The summed E-state index contributed by atoms with van der Waals surface area (Å²) < 4.78 is 7.16. The Balaban J connectivity index is 1.84. The molecule has 0 saturated carbocycles. The topological polar surface area (TPSA) is 79.4 Å². The van der Waals surface area contributed by atoms with Crippen molar-refractivity contribution in [2.45, 2.75) is 0 Å². The Kier molecular flexibility index (Phi) is 4.72. The summed E-state index contributed by atoms with van der Waals surface area (Å²) in [4.78, 5) is 11.6. The molecule has 21 heavy (non-hydrogen) atoms. The maximum absolute atomic E-state index is 11.6. The number of aryl methyl sites for hydroxylation is 1. The van der Waals surface area contributed by atoms with Gasteiger partial charge in [0.25, 0.3) is 5.91 Å². The maximum Gasteiger partial charge on any atom is 0.277 e. The molecular formula is C15H14N4O2. The zero-order valence-electron chi connectivity index (χ0n) is 11.5. The highest BCUT2D eigenvalue weighted by molar-refractivity contribution is 5.81. The Morgan fingerprint density at radius 3 is 2.95 bits per heavy atom. The molecule has 0 bridgehead atoms. The van der Waals surface area contributed by atoms with E-state index in [0.29, 0.717) is 11.3 Å². The molecule has 0 atom stereocenters. The predicted octanol–water partition coefficient (Wildman–Crippen LogP) is 1.43. The second kappa shape index (κ2) is 6.91. The number of hydrazone groups is 1. The van der Waals surface area contributed by atoms with Crippen molar-refractivity contribution < 1.29 is 9.53 Å². The van der Waals surface area contributed by atoms with Gasteiger partial charge in [0.1, 0.15) is 11.8 Å². The van der Waals surface area contributed by atoms with Crippen molar-refractivity contribution in [1.82, 2.24) is 9.99 Å². The molecule has 106 valence electrons. The molecule has 6 heteroatoms. The number of rotatable bonds is 5. The summed E-state index contributed by atoms with van der Waals surface area (Å²) in [6, 6.07) is 12.5. The summed E-state index contributed by atoms with van der Waals surface area (Å²) in [7, 11) is 1.88. The van der Waals surface area contributed by atoms with Gasteiger partial charge in [0.2, 0.25) is 0 Å². The summed E-state index contributed by atoms with van der Waals surface area (Å²) in [6.45, 7) is -0.205. The van der Waals surface area contributed by atoms with Crippen molar-refractivity contribution in [2.75, 3.05) is 6.61 Å². The lowest BCUT2D eigenvalue weighted by Gasteiger charge is -2.06. The van der Waals surface area contributed by atoms with E-state index >= 15 is 0 Å². The molecule has 0 unspecified atom stereocenters. The van der Waals surface area contributed by atoms with Gasteiger partial charge in [-0.3, -0.25) is 4.79 Å². The van der Waals surface area contributed by atoms with Gasteiger partial charge in [0, 0.05) is 13.2 Å². The van der Waals surface area contributed by atoms with E-state index in [-0.39, 0.29) is 6.61 Å². The first-order valence-electron chi connectivity index (χ1n) is 6.26. The third-order valence-electron chi connectivity index (χ3n) is 2.74. The first-order valence-corrected chi connectivity index (χ1v) is 6.26. The predicted molar refractivity (Wildman–Crippen MR) is 77.8 cm³/mol. The van der Waals surface area contributed by atoms with Gasteiger partial charge in [-0.05, 0) is 24.3 Å². The van der Waals surface area contributed by atoms with E-state index < -0.39 is 5.91 Å². The number of amides is 1. The van der Waals surface area contributed by atoms with Gasteiger partial charge >= 0.3 is 0 Å². The highest BCUT2D eigenvalue weighted by Gasteiger charge is 2.05. The lowest BCUT2D eigenvalue weighted by atomic mass is 10.2. The summed E-state index contributed by atoms with van der Waals surface area (Å²) in [5.74, 6) is -0.0187. The van der Waals surface area contributed by atoms with Gasteiger partial charge in [-0.1, -0.05) is 12.1 Å². The molecule has 2 rings (SSSR count). The quantitative estimate of drug-likeness (QED) is 0.665. The second-order valence-corrected chi connectivity index (χ2v) is 4.23. The number of nitriles is 1. The van der Waals surface area contributed by atoms with E-state index in [1.807, 2.05) is 36.0 Å². The number of nitrogens with zero attached hydrogens (tertiary/aromatic N) is 3. The van der Waals surface area contributed by atoms with E-state index in [1.54, 1.807) is 30.5 Å². The number of aromatic nitrogens is 1. The van der Waals surface area contributed by atoms with Gasteiger partial charge in [-0.25, -0.2) is 5.43 Å². The monoisotopic (exact) mass is 282 g/mol. The van der Waals surface area contributed by atoms with Gasteiger partial charge in [-0.2, -0.15) is 10.4 Å². The fourth-order valence-corrected chi connectivity index (χ4v) is 1.64. The summed E-state index contributed by atoms with van der Waals surface area (Å²) in [6.07, 6.45) is 3.42. The second-order valence-electron chi connectivity index (χ2n) is 4.23. The summed E-state index contributed by atoms with van der Waals surface area (Å²) >= 11 is 0. The molecule has 0 radical (unpaired) electrons. The number of ether oxygens (including phenoxy) is 1. The standard InChI is InChI=1S/C15H14N4O2/c1-19-8-4-6-13(19)10-17-18-15(20)11-21-14-7-3-2-5-12(14)9-16/h2-8,10H,11H2,1H3,(H,18,20)/b17-10+. The molecule has 0 spiro atoms. The van der Waals surface area contributed by atoms with Crippen LogP contribution in [0.1, 0.15) is 11.3 Å². The smallest absolute Gasteiger partial charge is 0.277 e. The van der Waals surface area contributed by atoms with Crippen LogP contribution in [0.5, 0.6) is 5.75 Å². The fourth-order valence-electron chi connectivity index (χ4n) is 1.64. The Labute approximate surface area is 122 Å². The van der Waals surface area contributed by atoms with Crippen molar-refractivity contribution in [3.05, 3.63) is 53.9 Å². The zero-order valence-corrected chi connectivity index (χ0v) is 11.5. The molecule has 0 aliphatic rings. The van der Waals surface area contributed by atoms with Crippen molar-refractivity contribution in [3.8, 4) is 11.8 Å². The van der Waals surface area contributed by atoms with Crippen LogP contribution >= 0.6 is 0 Å². The Morgan fingerprint density at radius 2 is 2.24 bits per heavy atom. The van der Waals surface area contributed by atoms with E-state index in [9.17, 15) is 4.79 Å². The molecule has 2 aromatic rings. The largest absolute Gasteiger partial charge is 0.482 e. The minimum atomic E-state index is -0.395. The van der Waals surface area contributed by atoms with E-state index in [0.717, 1.165) is 5.69 Å². The molecule has 0 fully saturated rings. The average molecular weight is 282 g/mol. The van der Waals surface area contributed by atoms with Gasteiger partial charge in [0.05, 0.1) is 17.5 Å². The van der Waals surface area contributed by atoms with Crippen molar-refractivity contribution in [1.29, 1.82) is 5.26 Å². The van der Waals surface area contributed by atoms with E-state index in [4.69, 9.17) is 10.00 Å². The number of carbonyl (C=O) groups is 1. The van der Waals surface area contributed by atoms with Crippen molar-refractivity contribution in [2.24, 2.45) is 12.1 Å². The minimum Gasteiger partial charge on any atom is -0.482 e. The normalized spacial score (nSPS) is 10.3. The molecule has 6 nitrogen and oxygen atoms in total. The van der Waals surface area contributed by atoms with Gasteiger partial charge < -0.3 is 9.30 Å². The number of para-hydroxylation sites is 1. The van der Waals surface area contributed by atoms with Gasteiger partial charge in [-0.15, -0.1) is 0 Å². The molecule has 1 heterocycles. The highest BCUT2D eigenvalue weighted by Crippen LogP contribution is 2.15. The van der Waals surface area contributed by atoms with Crippen LogP contribution in [0.3, 0.4) is 0 Å². The Bertz CT molecular complexity index is 698. The van der Waals surface area contributed by atoms with Crippen LogP contribution in [-0.4, -0.2) is 23.3 Å². The lowest BCUT2D eigenvalue weighted by Crippen LogP contribution is -2.24. The number of benzene rings is 1. The lowest BCUT2D eigenvalue weighted by molar-refractivity contribution is -0.123. The van der Waals surface area contributed by atoms with Crippen LogP contribution < -0.4 is 10.2 Å². The van der Waals surface area contributed by atoms with E-state index in [2.05, 4.69) is 10.5 Å². The Morgan fingerprint density at radius 1 is 1.43 bits per heavy atom. The first kappa shape index (κ1) is 14.3. The maximum atomic E-state index is 11.6. The van der Waals surface area contributed by atoms with Gasteiger partial charge in [0.15, 0.2) is 6.61 Å². The molecule has 1 N–H and O–H groups in total. The van der Waals surface area contributed by atoms with Crippen molar-refractivity contribution >= 4 is 12.1 Å². The van der Waals surface area contributed by atoms with Crippen LogP contribution in [0.4, 0.5) is 0 Å². The number of hydrogen-bond donors (Lipinski definition) is 1. The molecular weight excluding hydrogens is 268 g/mol. The number of carbonyl (C=O) groups excluding carboxylic acids is 1. The minimum absolute atomic E-state index is 0.205. The average Bonchev–Trinajstić information content (AvgIpc) is 2.91. The van der Waals surface area contributed by atoms with E-state index in [1.165, 1.54) is 0 Å². The fraction of sp³-hybridized carbons (Fsp3) is 0.133. The highest BCUT2D eigenvalue weighted by atomic mass is 16.5. The van der Waals surface area contributed by atoms with Crippen LogP contribution in [-0.2, 0) is 11.8 Å². The van der Waals surface area contributed by atoms with Crippen LogP contribution in [0.15, 0.2) is 47.7 Å². The molecule has 1 aromatic carbocycles. The van der Waals surface area contributed by atoms with Crippen LogP contribution in [0.25, 0.3) is 0 Å². The third kappa shape index (κ3) is 3.94. The van der Waals surface area contributed by atoms with Crippen LogP contribution in [0, 0.1) is 11.3 Å². The summed E-state index contributed by atoms with van der Waals surface area (Å²) in [5.41, 5.74) is 3.62. The molecule has 0 aliphatic carbocycles. The molecule has 0 aliphatic heterocycles. The zero-order chi connectivity index (χ0) is 15.1. The SMILES string of the molecule is Cn1cccc1/C=N/NC(=O)COc1ccccc1C#N. The molecule has 0 saturated heterocycles. The first-order chi connectivity index (χ1) is 10.2. The summed E-state index contributed by atoms with van der Waals surface area (Å²) in [5, 5.41) is 12.7. The molecule has 1 amide bonds. The third-order valence-corrected chi connectivity index (χ3v) is 2.74.